The molecule has 0 spiro atoms. The van der Waals surface area contributed by atoms with E-state index in [1.165, 1.54) is 17.2 Å². The van der Waals surface area contributed by atoms with E-state index in [1.54, 1.807) is 41.1 Å². The lowest BCUT2D eigenvalue weighted by Gasteiger charge is -2.43. The number of para-hydroxylation sites is 2. The number of anilines is 6. The SMILES string of the molecule is Cc1ncsc1-c1ccc(CNC(=O)[C@H]2C[C@@H](O)CN2C(=O)[C@@H](NC(=O)CN2CCN(C3CCN(c4ccc(Nc5ncc(Cl)c(Nc6ccccc6N(C)S(C)=O)n5)cc4F)CC3)CC2)C(C)(C)C)cc1. The number of aliphatic hydroxyl groups excluding tert-OH is 1. The van der Waals surface area contributed by atoms with Crippen molar-refractivity contribution in [2.45, 2.75) is 77.7 Å². The number of hydrogen-bond acceptors (Lipinski definition) is 14. The van der Waals surface area contributed by atoms with Gasteiger partial charge in [-0.25, -0.2) is 18.6 Å². The number of rotatable bonds is 16. The van der Waals surface area contributed by atoms with E-state index in [-0.39, 0.29) is 54.7 Å². The Balaban J connectivity index is 0.788. The van der Waals surface area contributed by atoms with Gasteiger partial charge in [0.05, 0.1) is 52.0 Å². The molecule has 0 saturated carbocycles. The molecule has 3 aliphatic heterocycles. The van der Waals surface area contributed by atoms with Crippen LogP contribution in [0.15, 0.2) is 78.4 Å². The van der Waals surface area contributed by atoms with Crippen molar-refractivity contribution in [3.63, 3.8) is 0 Å². The number of aliphatic hydroxyl groups is 1. The fraction of sp³-hybridized carbons (Fsp3) is 0.451. The van der Waals surface area contributed by atoms with Crippen LogP contribution in [0.5, 0.6) is 0 Å². The molecule has 3 aromatic carbocycles. The van der Waals surface area contributed by atoms with Gasteiger partial charge < -0.3 is 36.2 Å². The Hall–Kier alpha value is -5.77. The Labute approximate surface area is 432 Å². The average molecular weight is 1040 g/mol. The summed E-state index contributed by atoms with van der Waals surface area (Å²) in [5.74, 6) is -0.829. The number of aryl methyl sites for hydroxylation is 1. The van der Waals surface area contributed by atoms with Crippen molar-refractivity contribution >= 4 is 86.2 Å². The average Bonchev–Trinajstić information content (AvgIpc) is 3.98. The highest BCUT2D eigenvalue weighted by Crippen LogP contribution is 2.34. The number of nitrogens with zero attached hydrogens (tertiary/aromatic N) is 8. The zero-order valence-electron chi connectivity index (χ0n) is 41.5. The summed E-state index contributed by atoms with van der Waals surface area (Å²) < 4.78 is 29.5. The van der Waals surface area contributed by atoms with Crippen LogP contribution in [0, 0.1) is 18.2 Å². The number of thiazole rings is 1. The van der Waals surface area contributed by atoms with Gasteiger partial charge in [-0.2, -0.15) is 4.98 Å². The second-order valence-electron chi connectivity index (χ2n) is 19.7. The maximum atomic E-state index is 15.7. The standard InChI is InChI=1S/C51H64ClFN12O5S2/c1-32-45(71-31-56-32)34-13-11-33(12-14-34)27-54-48(68)43-26-37(66)29-65(43)49(69)46(51(2,3)4)59-44(67)30-62-21-23-63(24-22-62)36-17-19-64(20-18-36)41-16-15-35(25-39(41)53)57-50-55-28-38(52)47(60-50)58-40-9-7-8-10-42(40)61(5)72(6)70/h7-16,25,28,31,36-37,43,46,66H,17-24,26-27,29-30H2,1-6H3,(H,54,68)(H,59,67)(H2,55,57,58,60)/t37-,43-,46-,72?/m1/s1. The summed E-state index contributed by atoms with van der Waals surface area (Å²) in [5, 5.41) is 23.2. The maximum Gasteiger partial charge on any atom is 0.246 e. The third-order valence-electron chi connectivity index (χ3n) is 13.6. The normalized spacial score (nSPS) is 18.9. The summed E-state index contributed by atoms with van der Waals surface area (Å²) in [6, 6.07) is 18.8. The van der Waals surface area contributed by atoms with Crippen LogP contribution in [0.25, 0.3) is 10.4 Å². The van der Waals surface area contributed by atoms with Crippen LogP contribution in [-0.4, -0.2) is 147 Å². The minimum atomic E-state index is -1.25. The molecule has 3 fully saturated rings. The molecule has 0 aliphatic carbocycles. The molecule has 21 heteroatoms. The molecular formula is C51H64ClFN12O5S2. The van der Waals surface area contributed by atoms with Gasteiger partial charge in [0.15, 0.2) is 5.82 Å². The fourth-order valence-electron chi connectivity index (χ4n) is 9.55. The van der Waals surface area contributed by atoms with E-state index < -0.39 is 40.5 Å². The second-order valence-corrected chi connectivity index (χ2v) is 22.4. The second kappa shape index (κ2) is 23.0. The number of nitrogens with one attached hydrogen (secondary N) is 4. The number of carbonyl (C=O) groups excluding carboxylic acids is 3. The van der Waals surface area contributed by atoms with Crippen molar-refractivity contribution in [2.75, 3.05) is 85.5 Å². The highest BCUT2D eigenvalue weighted by atomic mass is 35.5. The molecule has 3 aliphatic rings. The van der Waals surface area contributed by atoms with Crippen molar-refractivity contribution in [1.82, 2.24) is 40.3 Å². The first kappa shape index (κ1) is 52.5. The van der Waals surface area contributed by atoms with E-state index in [0.717, 1.165) is 47.6 Å². The molecule has 5 N–H and O–H groups in total. The molecule has 4 atom stereocenters. The van der Waals surface area contributed by atoms with Crippen LogP contribution in [0.4, 0.5) is 38.9 Å². The number of hydrogen-bond donors (Lipinski definition) is 5. The van der Waals surface area contributed by atoms with E-state index in [0.29, 0.717) is 60.8 Å². The number of aromatic nitrogens is 3. The van der Waals surface area contributed by atoms with Gasteiger partial charge in [0, 0.05) is 83.8 Å². The summed E-state index contributed by atoms with van der Waals surface area (Å²) in [7, 11) is 0.480. The van der Waals surface area contributed by atoms with E-state index in [2.05, 4.69) is 50.9 Å². The number of piperidine rings is 1. The van der Waals surface area contributed by atoms with E-state index in [4.69, 9.17) is 11.6 Å². The van der Waals surface area contributed by atoms with Gasteiger partial charge in [0.1, 0.15) is 33.9 Å². The van der Waals surface area contributed by atoms with Gasteiger partial charge in [0.25, 0.3) is 0 Å². The number of likely N-dealkylation sites (tertiary alicyclic amines) is 1. The number of amides is 3. The molecule has 8 rings (SSSR count). The first-order chi connectivity index (χ1) is 34.4. The largest absolute Gasteiger partial charge is 0.391 e. The summed E-state index contributed by atoms with van der Waals surface area (Å²) in [5.41, 5.74) is 6.42. The Kier molecular flexibility index (Phi) is 16.8. The van der Waals surface area contributed by atoms with Crippen LogP contribution < -0.4 is 30.5 Å². The molecule has 5 aromatic rings. The van der Waals surface area contributed by atoms with Crippen LogP contribution in [0.1, 0.15) is 51.3 Å². The minimum absolute atomic E-state index is 0.00421. The highest BCUT2D eigenvalue weighted by Gasteiger charge is 2.44. The lowest BCUT2D eigenvalue weighted by atomic mass is 9.85. The first-order valence-electron chi connectivity index (χ1n) is 24.2. The first-order valence-corrected chi connectivity index (χ1v) is 27.0. The predicted molar refractivity (Wildman–Crippen MR) is 284 cm³/mol. The predicted octanol–water partition coefficient (Wildman–Crippen LogP) is 6.31. The number of benzene rings is 3. The highest BCUT2D eigenvalue weighted by molar-refractivity contribution is 7.85. The minimum Gasteiger partial charge on any atom is -0.391 e. The van der Waals surface area contributed by atoms with Crippen molar-refractivity contribution in [2.24, 2.45) is 5.41 Å². The summed E-state index contributed by atoms with van der Waals surface area (Å²) in [6.45, 7) is 12.3. The monoisotopic (exact) mass is 1040 g/mol. The molecular weight excluding hydrogens is 979 g/mol. The molecule has 3 amide bonds. The van der Waals surface area contributed by atoms with E-state index in [1.807, 2.05) is 81.7 Å². The summed E-state index contributed by atoms with van der Waals surface area (Å²) in [4.78, 5) is 63.7. The third-order valence-corrected chi connectivity index (χ3v) is 15.9. The Morgan fingerprint density at radius 2 is 1.71 bits per heavy atom. The molecule has 17 nitrogen and oxygen atoms in total. The topological polar surface area (TPSA) is 192 Å². The van der Waals surface area contributed by atoms with Gasteiger partial charge in [0.2, 0.25) is 23.7 Å². The molecule has 0 bridgehead atoms. The van der Waals surface area contributed by atoms with Crippen molar-refractivity contribution < 1.29 is 28.1 Å². The fourth-order valence-corrected chi connectivity index (χ4v) is 10.9. The Morgan fingerprint density at radius 1 is 0.986 bits per heavy atom. The number of carbonyl (C=O) groups is 3. The Bertz CT molecular complexity index is 2750. The van der Waals surface area contributed by atoms with Crippen LogP contribution in [0.2, 0.25) is 5.02 Å². The number of halogens is 2. The molecule has 3 saturated heterocycles. The molecule has 384 valence electrons. The summed E-state index contributed by atoms with van der Waals surface area (Å²) >= 11 is 8.03. The van der Waals surface area contributed by atoms with E-state index >= 15 is 4.39 Å². The molecule has 2 aromatic heterocycles. The lowest BCUT2D eigenvalue weighted by Crippen LogP contribution is -2.59. The molecule has 0 radical (unpaired) electrons. The van der Waals surface area contributed by atoms with Gasteiger partial charge in [-0.15, -0.1) is 11.3 Å². The smallest absolute Gasteiger partial charge is 0.246 e. The maximum absolute atomic E-state index is 15.7. The quantitative estimate of drug-likeness (QED) is 0.0740. The molecule has 5 heterocycles. The van der Waals surface area contributed by atoms with Gasteiger partial charge in [-0.1, -0.05) is 68.8 Å². The van der Waals surface area contributed by atoms with Gasteiger partial charge in [-0.05, 0) is 66.6 Å². The number of β-amino-alcohol motifs (C(OH)–C–C–N with tert-alkyl or cyclic N) is 1. The number of piperazine rings is 1. The Morgan fingerprint density at radius 3 is 2.38 bits per heavy atom. The van der Waals surface area contributed by atoms with Crippen LogP contribution in [0.3, 0.4) is 0 Å². The van der Waals surface area contributed by atoms with Crippen molar-refractivity contribution in [3.05, 3.63) is 101 Å². The van der Waals surface area contributed by atoms with Crippen LogP contribution >= 0.6 is 22.9 Å². The van der Waals surface area contributed by atoms with Crippen LogP contribution in [-0.2, 0) is 31.9 Å². The third kappa shape index (κ3) is 12.7. The molecule has 1 unspecified atom stereocenters. The lowest BCUT2D eigenvalue weighted by molar-refractivity contribution is -0.144. The summed E-state index contributed by atoms with van der Waals surface area (Å²) in [6.07, 6.45) is 4.02. The van der Waals surface area contributed by atoms with Gasteiger partial charge in [-0.3, -0.25) is 28.5 Å². The van der Waals surface area contributed by atoms with E-state index in [9.17, 15) is 23.7 Å². The van der Waals surface area contributed by atoms with Crippen molar-refractivity contribution in [3.8, 4) is 10.4 Å². The van der Waals surface area contributed by atoms with Crippen molar-refractivity contribution in [1.29, 1.82) is 0 Å². The van der Waals surface area contributed by atoms with Gasteiger partial charge >= 0.3 is 0 Å². The molecule has 72 heavy (non-hydrogen) atoms. The zero-order chi connectivity index (χ0) is 51.3. The zero-order valence-corrected chi connectivity index (χ0v) is 43.9.